The van der Waals surface area contributed by atoms with E-state index in [2.05, 4.69) is 24.5 Å². The van der Waals surface area contributed by atoms with Crippen molar-refractivity contribution < 1.29 is 39.2 Å². The summed E-state index contributed by atoms with van der Waals surface area (Å²) >= 11 is 0. The molecule has 0 unspecified atom stereocenters. The molecule has 11 nitrogen and oxygen atoms in total. The molecule has 0 aromatic heterocycles. The minimum atomic E-state index is -1.54. The lowest BCUT2D eigenvalue weighted by atomic mass is 9.94. The Morgan fingerprint density at radius 3 is 1.69 bits per heavy atom. The zero-order valence-electron chi connectivity index (χ0n) is 37.6. The van der Waals surface area contributed by atoms with Gasteiger partial charge in [0.2, 0.25) is 11.8 Å². The van der Waals surface area contributed by atoms with Gasteiger partial charge in [-0.3, -0.25) is 9.59 Å². The number of nitrogens with one attached hydrogen (secondary N) is 2. The third kappa shape index (κ3) is 22.6. The first-order valence-corrected chi connectivity index (χ1v) is 23.8. The van der Waals surface area contributed by atoms with Crippen molar-refractivity contribution in [1.29, 1.82) is 0 Å². The maximum Gasteiger partial charge on any atom is 0.408 e. The van der Waals surface area contributed by atoms with Crippen molar-refractivity contribution >= 4 is 17.9 Å². The van der Waals surface area contributed by atoms with Crippen molar-refractivity contribution in [2.45, 2.75) is 231 Å². The molecule has 6 atom stereocenters. The van der Waals surface area contributed by atoms with Crippen LogP contribution < -0.4 is 10.6 Å². The quantitative estimate of drug-likeness (QED) is 0.0430. The molecular weight excluding hydrogens is 747 g/mol. The third-order valence-corrected chi connectivity index (χ3v) is 11.6. The van der Waals surface area contributed by atoms with Crippen LogP contribution in [0, 0.1) is 5.92 Å². The Morgan fingerprint density at radius 1 is 0.712 bits per heavy atom. The normalized spacial score (nSPS) is 19.7. The molecule has 2 rings (SSSR count). The molecule has 1 aromatic carbocycles. The number of aliphatic hydroxyl groups excluding tert-OH is 3. The van der Waals surface area contributed by atoms with Gasteiger partial charge in [0.15, 0.2) is 6.23 Å². The second-order valence-corrected chi connectivity index (χ2v) is 17.4. The molecule has 5 N–H and O–H groups in total. The Morgan fingerprint density at radius 2 is 1.20 bits per heavy atom. The lowest BCUT2D eigenvalue weighted by molar-refractivity contribution is -0.231. The van der Waals surface area contributed by atoms with Crippen LogP contribution in [0.3, 0.4) is 0 Å². The van der Waals surface area contributed by atoms with E-state index in [1.165, 1.54) is 96.3 Å². The van der Waals surface area contributed by atoms with Gasteiger partial charge in [-0.15, -0.1) is 0 Å². The van der Waals surface area contributed by atoms with Crippen molar-refractivity contribution in [1.82, 2.24) is 15.5 Å². The molecule has 0 bridgehead atoms. The molecule has 1 aromatic rings. The van der Waals surface area contributed by atoms with E-state index in [1.54, 1.807) is 4.90 Å². The largest absolute Gasteiger partial charge is 0.445 e. The van der Waals surface area contributed by atoms with Gasteiger partial charge >= 0.3 is 6.09 Å². The minimum absolute atomic E-state index is 0.0162. The number of nitrogens with zero attached hydrogens (tertiary/aromatic N) is 1. The van der Waals surface area contributed by atoms with E-state index in [1.807, 2.05) is 44.2 Å². The highest BCUT2D eigenvalue weighted by atomic mass is 16.6. The fourth-order valence-corrected chi connectivity index (χ4v) is 8.00. The molecule has 0 radical (unpaired) electrons. The van der Waals surface area contributed by atoms with E-state index >= 15 is 0 Å². The third-order valence-electron chi connectivity index (χ3n) is 11.6. The van der Waals surface area contributed by atoms with Crippen molar-refractivity contribution in [2.24, 2.45) is 5.92 Å². The van der Waals surface area contributed by atoms with Crippen molar-refractivity contribution in [3.63, 3.8) is 0 Å². The predicted octanol–water partition coefficient (Wildman–Crippen LogP) is 9.48. The topological polar surface area (TPSA) is 158 Å². The van der Waals surface area contributed by atoms with Crippen LogP contribution in [0.25, 0.3) is 0 Å². The van der Waals surface area contributed by atoms with E-state index in [4.69, 9.17) is 9.47 Å². The summed E-state index contributed by atoms with van der Waals surface area (Å²) in [5, 5.41) is 38.2. The summed E-state index contributed by atoms with van der Waals surface area (Å²) in [5.74, 6) is -0.719. The number of hydrogen-bond acceptors (Lipinski definition) is 8. The number of unbranched alkanes of at least 4 members (excludes halogenated alkanes) is 21. The number of aliphatic hydroxyl groups is 3. The lowest BCUT2D eigenvalue weighted by Crippen LogP contribution is -2.70. The van der Waals surface area contributed by atoms with Crippen LogP contribution in [0.1, 0.15) is 194 Å². The number of hydrogen-bond donors (Lipinski definition) is 5. The highest BCUT2D eigenvalue weighted by Crippen LogP contribution is 2.26. The molecule has 0 aliphatic carbocycles. The van der Waals surface area contributed by atoms with Crippen LogP contribution in [0.15, 0.2) is 30.3 Å². The Labute approximate surface area is 358 Å². The summed E-state index contributed by atoms with van der Waals surface area (Å²) in [6.07, 6.45) is 21.4. The van der Waals surface area contributed by atoms with E-state index < -0.39 is 55.2 Å². The molecule has 1 fully saturated rings. The molecule has 59 heavy (non-hydrogen) atoms. The summed E-state index contributed by atoms with van der Waals surface area (Å²) in [4.78, 5) is 42.6. The number of benzene rings is 1. The van der Waals surface area contributed by atoms with Crippen LogP contribution in [0.4, 0.5) is 4.79 Å². The maximum atomic E-state index is 14.1. The van der Waals surface area contributed by atoms with Crippen molar-refractivity contribution in [3.8, 4) is 0 Å². The average molecular weight is 832 g/mol. The summed E-state index contributed by atoms with van der Waals surface area (Å²) in [5.41, 5.74) is 0.802. The lowest BCUT2D eigenvalue weighted by Gasteiger charge is -2.47. The van der Waals surface area contributed by atoms with Crippen LogP contribution in [-0.2, 0) is 25.7 Å². The molecule has 0 saturated carbocycles. The minimum Gasteiger partial charge on any atom is -0.445 e. The number of carbonyl (C=O) groups excluding carboxylic acids is 3. The fourth-order valence-electron chi connectivity index (χ4n) is 8.00. The second kappa shape index (κ2) is 33.0. The standard InChI is InChI=1S/C48H85N3O8/c1-5-7-9-11-13-15-17-19-21-23-25-30-34-51(42(53)33-29-24-22-20-18-16-14-12-10-8-6-2)47-43(45(55)44(54)41(36-52)59-47)50-46(56)40(35-38(3)4)49-48(57)58-37-39-31-27-26-28-32-39/h26-28,31-32,38,40-41,43-45,47,52,54-55H,5-25,29-30,33-37H2,1-4H3,(H,49,57)(H,50,56)/t40-,41+,43+,44+,45+,47+/m0/s1. The first-order chi connectivity index (χ1) is 28.6. The number of rotatable bonds is 34. The first kappa shape index (κ1) is 52.4. The molecule has 1 heterocycles. The Kier molecular flexibility index (Phi) is 29.3. The SMILES string of the molecule is CCCCCCCCCCCCCCN(C(=O)CCCCCCCCCCCCC)[C@@H]1O[C@H](CO)[C@@H](O)[C@H](O)[C@H]1NC(=O)[C@H](CC(C)C)NC(=O)OCc1ccccc1. The predicted molar refractivity (Wildman–Crippen MR) is 237 cm³/mol. The smallest absolute Gasteiger partial charge is 0.408 e. The zero-order valence-corrected chi connectivity index (χ0v) is 37.6. The van der Waals surface area contributed by atoms with Gasteiger partial charge in [-0.05, 0) is 30.7 Å². The number of ether oxygens (including phenoxy) is 2. The van der Waals surface area contributed by atoms with Crippen molar-refractivity contribution in [3.05, 3.63) is 35.9 Å². The highest BCUT2D eigenvalue weighted by Gasteiger charge is 2.48. The zero-order chi connectivity index (χ0) is 43.1. The Hall–Kier alpha value is -2.73. The highest BCUT2D eigenvalue weighted by molar-refractivity contribution is 5.86. The van der Waals surface area contributed by atoms with Crippen molar-refractivity contribution in [2.75, 3.05) is 13.2 Å². The number of alkyl carbamates (subject to hydrolysis) is 1. The molecule has 1 aliphatic heterocycles. The van der Waals surface area contributed by atoms with Gasteiger partial charge in [-0.1, -0.05) is 193 Å². The summed E-state index contributed by atoms with van der Waals surface area (Å²) in [6, 6.07) is 7.01. The molecule has 1 aliphatic rings. The van der Waals surface area contributed by atoms with Crippen LogP contribution >= 0.6 is 0 Å². The fraction of sp³-hybridized carbons (Fsp3) is 0.812. The van der Waals surface area contributed by atoms with E-state index in [9.17, 15) is 29.7 Å². The van der Waals surface area contributed by atoms with Gasteiger partial charge < -0.3 is 40.3 Å². The summed E-state index contributed by atoms with van der Waals surface area (Å²) in [7, 11) is 0. The number of amides is 3. The van der Waals surface area contributed by atoms with Crippen LogP contribution in [0.5, 0.6) is 0 Å². The average Bonchev–Trinajstić information content (AvgIpc) is 3.22. The first-order valence-electron chi connectivity index (χ1n) is 23.8. The molecule has 11 heteroatoms. The molecule has 340 valence electrons. The van der Waals surface area contributed by atoms with E-state index in [0.29, 0.717) is 19.4 Å². The van der Waals surface area contributed by atoms with Crippen LogP contribution in [0.2, 0.25) is 0 Å². The van der Waals surface area contributed by atoms with Gasteiger partial charge in [-0.25, -0.2) is 4.79 Å². The summed E-state index contributed by atoms with van der Waals surface area (Å²) in [6.45, 7) is 8.15. The van der Waals surface area contributed by atoms with Gasteiger partial charge in [0.25, 0.3) is 0 Å². The van der Waals surface area contributed by atoms with E-state index in [0.717, 1.165) is 50.5 Å². The molecular formula is C48H85N3O8. The van der Waals surface area contributed by atoms with Gasteiger partial charge in [-0.2, -0.15) is 0 Å². The second-order valence-electron chi connectivity index (χ2n) is 17.4. The molecule has 0 spiro atoms. The number of carbonyl (C=O) groups is 3. The maximum absolute atomic E-state index is 14.1. The Bertz CT molecular complexity index is 1220. The Balaban J connectivity index is 2.12. The van der Waals surface area contributed by atoms with Gasteiger partial charge in [0.1, 0.15) is 37.0 Å². The monoisotopic (exact) mass is 832 g/mol. The summed E-state index contributed by atoms with van der Waals surface area (Å²) < 4.78 is 11.6. The molecule has 1 saturated heterocycles. The van der Waals surface area contributed by atoms with Crippen LogP contribution in [-0.4, -0.2) is 87.9 Å². The van der Waals surface area contributed by atoms with Gasteiger partial charge in [0, 0.05) is 13.0 Å². The van der Waals surface area contributed by atoms with E-state index in [-0.39, 0.29) is 24.9 Å². The van der Waals surface area contributed by atoms with Gasteiger partial charge in [0.05, 0.1) is 6.61 Å². The molecule has 3 amide bonds.